The van der Waals surface area contributed by atoms with E-state index in [-0.39, 0.29) is 22.8 Å². The van der Waals surface area contributed by atoms with Gasteiger partial charge in [0.05, 0.1) is 4.90 Å². The first-order valence-corrected chi connectivity index (χ1v) is 10.8. The maximum absolute atomic E-state index is 12.7. The molecule has 0 aliphatic heterocycles. The van der Waals surface area contributed by atoms with Crippen LogP contribution in [0, 0.1) is 5.92 Å². The van der Waals surface area contributed by atoms with Crippen LogP contribution in [0.1, 0.15) is 63.5 Å². The minimum Gasteiger partial charge on any atom is -0.352 e. The zero-order chi connectivity index (χ0) is 18.4. The summed E-state index contributed by atoms with van der Waals surface area (Å²) in [5.74, 6) is 0.231. The van der Waals surface area contributed by atoms with Gasteiger partial charge in [-0.3, -0.25) is 4.79 Å². The topological polar surface area (TPSA) is 89.3 Å². The second-order valence-electron chi connectivity index (χ2n) is 7.07. The van der Waals surface area contributed by atoms with Crippen LogP contribution in [0.2, 0.25) is 0 Å². The molecule has 0 aromatic heterocycles. The fraction of sp³-hybridized carbons (Fsp3) is 0.632. The van der Waals surface area contributed by atoms with Gasteiger partial charge in [-0.15, -0.1) is 0 Å². The molecule has 25 heavy (non-hydrogen) atoms. The normalized spacial score (nSPS) is 16.9. The number of hydrogen-bond acceptors (Lipinski definition) is 3. The summed E-state index contributed by atoms with van der Waals surface area (Å²) in [6, 6.07) is 5.04. The Labute approximate surface area is 151 Å². The molecule has 0 radical (unpaired) electrons. The second-order valence-corrected chi connectivity index (χ2v) is 8.63. The molecule has 0 saturated heterocycles. The van der Waals surface area contributed by atoms with Crippen molar-refractivity contribution in [1.82, 2.24) is 5.32 Å². The van der Waals surface area contributed by atoms with Gasteiger partial charge in [-0.2, -0.15) is 0 Å². The number of unbranched alkanes of at least 4 members (excludes halogenated alkanes) is 2. The lowest BCUT2D eigenvalue weighted by Gasteiger charge is -2.19. The van der Waals surface area contributed by atoms with E-state index in [4.69, 9.17) is 5.14 Å². The SMILES string of the molecule is CCCCC(CCCC)C(=O)NC1Cc2ccc(S(N)(=O)=O)cc2C1. The Balaban J connectivity index is 1.99. The Morgan fingerprint density at radius 3 is 2.32 bits per heavy atom. The van der Waals surface area contributed by atoms with Gasteiger partial charge < -0.3 is 5.32 Å². The number of nitrogens with two attached hydrogens (primary N) is 1. The average Bonchev–Trinajstić information content (AvgIpc) is 2.95. The lowest BCUT2D eigenvalue weighted by atomic mass is 9.94. The molecular weight excluding hydrogens is 336 g/mol. The van der Waals surface area contributed by atoms with Gasteiger partial charge >= 0.3 is 0 Å². The summed E-state index contributed by atoms with van der Waals surface area (Å²) in [4.78, 5) is 12.8. The highest BCUT2D eigenvalue weighted by molar-refractivity contribution is 7.89. The predicted molar refractivity (Wildman–Crippen MR) is 99.7 cm³/mol. The largest absolute Gasteiger partial charge is 0.352 e. The average molecular weight is 367 g/mol. The predicted octanol–water partition coefficient (Wildman–Crippen LogP) is 2.91. The molecule has 3 N–H and O–H groups in total. The van der Waals surface area contributed by atoms with E-state index in [1.165, 1.54) is 0 Å². The Bertz CT molecular complexity index is 693. The highest BCUT2D eigenvalue weighted by Gasteiger charge is 2.26. The van der Waals surface area contributed by atoms with Gasteiger partial charge in [-0.05, 0) is 48.9 Å². The van der Waals surface area contributed by atoms with Crippen LogP contribution in [0.3, 0.4) is 0 Å². The number of primary sulfonamides is 1. The minimum atomic E-state index is -3.69. The molecule has 0 spiro atoms. The van der Waals surface area contributed by atoms with Gasteiger partial charge in [0.1, 0.15) is 0 Å². The van der Waals surface area contributed by atoms with Crippen molar-refractivity contribution in [3.63, 3.8) is 0 Å². The van der Waals surface area contributed by atoms with Gasteiger partial charge in [0.2, 0.25) is 15.9 Å². The van der Waals surface area contributed by atoms with Crippen molar-refractivity contribution >= 4 is 15.9 Å². The zero-order valence-corrected chi connectivity index (χ0v) is 16.1. The molecule has 0 saturated carbocycles. The molecule has 1 aliphatic rings. The van der Waals surface area contributed by atoms with E-state index in [9.17, 15) is 13.2 Å². The molecule has 140 valence electrons. The molecule has 0 fully saturated rings. The molecular formula is C19H30N2O3S. The van der Waals surface area contributed by atoms with Crippen molar-refractivity contribution in [3.05, 3.63) is 29.3 Å². The van der Waals surface area contributed by atoms with Gasteiger partial charge in [0.15, 0.2) is 0 Å². The summed E-state index contributed by atoms with van der Waals surface area (Å²) in [5.41, 5.74) is 2.06. The van der Waals surface area contributed by atoms with E-state index in [1.54, 1.807) is 12.1 Å². The standard InChI is InChI=1S/C19H30N2O3S/c1-3-5-7-14(8-6-4-2)19(22)21-17-11-15-9-10-18(25(20,23)24)13-16(15)12-17/h9-10,13-14,17H,3-8,11-12H2,1-2H3,(H,21,22)(H2,20,23,24). The quantitative estimate of drug-likeness (QED) is 0.704. The van der Waals surface area contributed by atoms with E-state index in [0.29, 0.717) is 6.42 Å². The third-order valence-electron chi connectivity index (χ3n) is 4.97. The van der Waals surface area contributed by atoms with Gasteiger partial charge in [0.25, 0.3) is 0 Å². The van der Waals surface area contributed by atoms with Crippen molar-refractivity contribution < 1.29 is 13.2 Å². The maximum Gasteiger partial charge on any atom is 0.238 e. The number of carbonyl (C=O) groups is 1. The Hall–Kier alpha value is -1.40. The Morgan fingerprint density at radius 1 is 1.16 bits per heavy atom. The summed E-state index contributed by atoms with van der Waals surface area (Å²) in [6.07, 6.45) is 7.64. The van der Waals surface area contributed by atoms with Crippen LogP contribution in [0.5, 0.6) is 0 Å². The fourth-order valence-electron chi connectivity index (χ4n) is 3.50. The number of amides is 1. The third kappa shape index (κ3) is 5.54. The third-order valence-corrected chi connectivity index (χ3v) is 5.88. The Morgan fingerprint density at radius 2 is 1.76 bits per heavy atom. The van der Waals surface area contributed by atoms with Crippen molar-refractivity contribution in [1.29, 1.82) is 0 Å². The molecule has 2 rings (SSSR count). The van der Waals surface area contributed by atoms with Gasteiger partial charge in [-0.25, -0.2) is 13.6 Å². The number of benzene rings is 1. The summed E-state index contributed by atoms with van der Waals surface area (Å²) >= 11 is 0. The smallest absolute Gasteiger partial charge is 0.238 e. The molecule has 0 bridgehead atoms. The van der Waals surface area contributed by atoms with Gasteiger partial charge in [-0.1, -0.05) is 45.6 Å². The van der Waals surface area contributed by atoms with Crippen LogP contribution >= 0.6 is 0 Å². The van der Waals surface area contributed by atoms with E-state index in [0.717, 1.165) is 56.1 Å². The number of sulfonamides is 1. The van der Waals surface area contributed by atoms with Crippen molar-refractivity contribution in [2.45, 2.75) is 76.2 Å². The van der Waals surface area contributed by atoms with Crippen molar-refractivity contribution in [3.8, 4) is 0 Å². The van der Waals surface area contributed by atoms with E-state index in [1.807, 2.05) is 6.07 Å². The lowest BCUT2D eigenvalue weighted by Crippen LogP contribution is -2.39. The lowest BCUT2D eigenvalue weighted by molar-refractivity contribution is -0.126. The first-order valence-electron chi connectivity index (χ1n) is 9.30. The van der Waals surface area contributed by atoms with Crippen LogP contribution < -0.4 is 10.5 Å². The number of hydrogen-bond donors (Lipinski definition) is 2. The molecule has 0 heterocycles. The van der Waals surface area contributed by atoms with Gasteiger partial charge in [0, 0.05) is 12.0 Å². The molecule has 1 aromatic rings. The first-order chi connectivity index (χ1) is 11.8. The number of nitrogens with one attached hydrogen (secondary N) is 1. The van der Waals surface area contributed by atoms with E-state index >= 15 is 0 Å². The summed E-state index contributed by atoms with van der Waals surface area (Å²) < 4.78 is 23.0. The molecule has 1 aromatic carbocycles. The number of carbonyl (C=O) groups excluding carboxylic acids is 1. The van der Waals surface area contributed by atoms with Crippen LogP contribution in [0.25, 0.3) is 0 Å². The highest BCUT2D eigenvalue weighted by Crippen LogP contribution is 2.26. The second kappa shape index (κ2) is 8.81. The summed E-state index contributed by atoms with van der Waals surface area (Å²) in [6.45, 7) is 4.29. The molecule has 5 nitrogen and oxygen atoms in total. The molecule has 1 aliphatic carbocycles. The molecule has 1 amide bonds. The monoisotopic (exact) mass is 366 g/mol. The van der Waals surface area contributed by atoms with Crippen molar-refractivity contribution in [2.75, 3.05) is 0 Å². The molecule has 6 heteroatoms. The van der Waals surface area contributed by atoms with E-state index in [2.05, 4.69) is 19.2 Å². The number of rotatable bonds is 9. The summed E-state index contributed by atoms with van der Waals surface area (Å²) in [5, 5.41) is 8.38. The van der Waals surface area contributed by atoms with Crippen LogP contribution in [-0.4, -0.2) is 20.4 Å². The van der Waals surface area contributed by atoms with Crippen molar-refractivity contribution in [2.24, 2.45) is 11.1 Å². The Kier molecular flexibility index (Phi) is 7.02. The first kappa shape index (κ1) is 19.9. The summed E-state index contributed by atoms with van der Waals surface area (Å²) in [7, 11) is -3.69. The molecule has 1 unspecified atom stereocenters. The minimum absolute atomic E-state index is 0.0454. The number of fused-ring (bicyclic) bond motifs is 1. The van der Waals surface area contributed by atoms with E-state index < -0.39 is 10.0 Å². The highest BCUT2D eigenvalue weighted by atomic mass is 32.2. The van der Waals surface area contributed by atoms with Crippen LogP contribution in [0.4, 0.5) is 0 Å². The van der Waals surface area contributed by atoms with Crippen LogP contribution in [0.15, 0.2) is 23.1 Å². The van der Waals surface area contributed by atoms with Crippen LogP contribution in [-0.2, 0) is 27.7 Å². The zero-order valence-electron chi connectivity index (χ0n) is 15.3. The maximum atomic E-state index is 12.7. The molecule has 1 atom stereocenters. The fourth-order valence-corrected chi connectivity index (χ4v) is 4.06.